The lowest BCUT2D eigenvalue weighted by molar-refractivity contribution is -0.147. The molecule has 2 amide bonds. The van der Waals surface area contributed by atoms with Gasteiger partial charge in [-0.3, -0.25) is 4.79 Å². The number of urea groups is 1. The first-order chi connectivity index (χ1) is 12.4. The summed E-state index contributed by atoms with van der Waals surface area (Å²) in [7, 11) is 1.32. The number of ether oxygens (including phenoxy) is 1. The van der Waals surface area contributed by atoms with Crippen LogP contribution in [-0.4, -0.2) is 36.4 Å². The first-order valence-electron chi connectivity index (χ1n) is 8.01. The Balaban J connectivity index is 1.92. The van der Waals surface area contributed by atoms with E-state index in [4.69, 9.17) is 16.3 Å². The number of anilines is 1. The summed E-state index contributed by atoms with van der Waals surface area (Å²) in [6, 6.07) is 15.6. The molecule has 1 aliphatic heterocycles. The number of methoxy groups -OCH3 is 1. The molecule has 0 aromatic heterocycles. The normalized spacial score (nSPS) is 19.0. The Hall–Kier alpha value is -2.86. The van der Waals surface area contributed by atoms with Gasteiger partial charge in [-0.1, -0.05) is 41.9 Å². The van der Waals surface area contributed by atoms with E-state index in [9.17, 15) is 9.59 Å². The fourth-order valence-electron chi connectivity index (χ4n) is 2.84. The molecule has 1 heterocycles. The molecule has 134 valence electrons. The molecule has 0 spiro atoms. The lowest BCUT2D eigenvalue weighted by Gasteiger charge is -2.23. The Kier molecular flexibility index (Phi) is 4.95. The summed E-state index contributed by atoms with van der Waals surface area (Å²) in [6.07, 6.45) is 0. The summed E-state index contributed by atoms with van der Waals surface area (Å²) in [4.78, 5) is 25.0. The summed E-state index contributed by atoms with van der Waals surface area (Å²) in [5.74, 6) is -0.457. The Morgan fingerprint density at radius 2 is 1.81 bits per heavy atom. The fourth-order valence-corrected chi connectivity index (χ4v) is 2.96. The molecule has 0 fully saturated rings. The predicted octanol–water partition coefficient (Wildman–Crippen LogP) is 3.77. The van der Waals surface area contributed by atoms with Gasteiger partial charge in [0.25, 0.3) is 0 Å². The third-order valence-electron chi connectivity index (χ3n) is 4.22. The minimum absolute atomic E-state index is 0.0797. The lowest BCUT2D eigenvalue weighted by Crippen LogP contribution is -2.42. The molecule has 2 aromatic carbocycles. The van der Waals surface area contributed by atoms with Crippen molar-refractivity contribution in [2.75, 3.05) is 19.0 Å². The fraction of sp³-hybridized carbons (Fsp3) is 0.211. The van der Waals surface area contributed by atoms with Gasteiger partial charge in [-0.2, -0.15) is 5.10 Å². The van der Waals surface area contributed by atoms with E-state index < -0.39 is 17.4 Å². The van der Waals surface area contributed by atoms with Gasteiger partial charge in [0.2, 0.25) is 0 Å². The summed E-state index contributed by atoms with van der Waals surface area (Å²) < 4.78 is 4.95. The van der Waals surface area contributed by atoms with Crippen molar-refractivity contribution >= 4 is 35.0 Å². The number of carbonyl (C=O) groups is 2. The van der Waals surface area contributed by atoms with Crippen LogP contribution in [0.2, 0.25) is 5.02 Å². The Morgan fingerprint density at radius 1 is 1.15 bits per heavy atom. The highest BCUT2D eigenvalue weighted by Crippen LogP contribution is 2.33. The van der Waals surface area contributed by atoms with Crippen LogP contribution in [-0.2, 0) is 9.53 Å². The largest absolute Gasteiger partial charge is 0.468 e. The standard InChI is InChI=1S/C19H18ClN3O3/c1-19(17(24)26-2)12-23(18(25)21-15-6-4-3-5-7-15)22-16(19)13-8-10-14(20)11-9-13/h3-11H,12H2,1-2H3,(H,21,25). The third-order valence-corrected chi connectivity index (χ3v) is 4.47. The molecule has 1 unspecified atom stereocenters. The second-order valence-electron chi connectivity index (χ2n) is 6.13. The molecule has 1 N–H and O–H groups in total. The van der Waals surface area contributed by atoms with E-state index in [2.05, 4.69) is 10.4 Å². The van der Waals surface area contributed by atoms with Gasteiger partial charge >= 0.3 is 12.0 Å². The quantitative estimate of drug-likeness (QED) is 0.835. The van der Waals surface area contributed by atoms with Gasteiger partial charge in [-0.05, 0) is 36.8 Å². The molecular weight excluding hydrogens is 354 g/mol. The van der Waals surface area contributed by atoms with Gasteiger partial charge in [-0.15, -0.1) is 0 Å². The molecule has 3 rings (SSSR count). The van der Waals surface area contributed by atoms with Crippen molar-refractivity contribution in [3.05, 3.63) is 65.2 Å². The van der Waals surface area contributed by atoms with Gasteiger partial charge in [0.05, 0.1) is 19.4 Å². The first kappa shape index (κ1) is 17.9. The van der Waals surface area contributed by atoms with Crippen LogP contribution in [0.1, 0.15) is 12.5 Å². The van der Waals surface area contributed by atoms with Gasteiger partial charge < -0.3 is 10.1 Å². The third kappa shape index (κ3) is 3.41. The summed E-state index contributed by atoms with van der Waals surface area (Å²) in [5.41, 5.74) is 0.741. The van der Waals surface area contributed by atoms with Crippen LogP contribution in [0.5, 0.6) is 0 Å². The summed E-state index contributed by atoms with van der Waals surface area (Å²) >= 11 is 5.94. The Labute approximate surface area is 156 Å². The van der Waals surface area contributed by atoms with E-state index in [0.717, 1.165) is 0 Å². The zero-order valence-electron chi connectivity index (χ0n) is 14.4. The molecule has 0 aliphatic carbocycles. The highest BCUT2D eigenvalue weighted by atomic mass is 35.5. The van der Waals surface area contributed by atoms with Crippen LogP contribution in [0.15, 0.2) is 59.7 Å². The minimum atomic E-state index is -1.07. The highest BCUT2D eigenvalue weighted by molar-refractivity contribution is 6.30. The van der Waals surface area contributed by atoms with Gasteiger partial charge in [0.1, 0.15) is 5.41 Å². The maximum absolute atomic E-state index is 12.6. The molecule has 7 heteroatoms. The van der Waals surface area contributed by atoms with E-state index in [0.29, 0.717) is 22.0 Å². The van der Waals surface area contributed by atoms with Crippen molar-refractivity contribution in [3.63, 3.8) is 0 Å². The molecule has 6 nitrogen and oxygen atoms in total. The number of halogens is 1. The molecule has 1 atom stereocenters. The number of nitrogens with one attached hydrogen (secondary N) is 1. The number of nitrogens with zero attached hydrogens (tertiary/aromatic N) is 2. The van der Waals surface area contributed by atoms with Crippen LogP contribution in [0.25, 0.3) is 0 Å². The number of carbonyl (C=O) groups excluding carboxylic acids is 2. The summed E-state index contributed by atoms with van der Waals surface area (Å²) in [5, 5.41) is 8.99. The van der Waals surface area contributed by atoms with Crippen molar-refractivity contribution < 1.29 is 14.3 Å². The van der Waals surface area contributed by atoms with E-state index >= 15 is 0 Å². The van der Waals surface area contributed by atoms with Crippen LogP contribution >= 0.6 is 11.6 Å². The monoisotopic (exact) mass is 371 g/mol. The van der Waals surface area contributed by atoms with Crippen molar-refractivity contribution in [3.8, 4) is 0 Å². The molecule has 1 aliphatic rings. The zero-order valence-corrected chi connectivity index (χ0v) is 15.2. The van der Waals surface area contributed by atoms with Crippen LogP contribution in [0.4, 0.5) is 10.5 Å². The van der Waals surface area contributed by atoms with E-state index in [1.54, 1.807) is 43.3 Å². The van der Waals surface area contributed by atoms with Crippen molar-refractivity contribution in [1.82, 2.24) is 5.01 Å². The van der Waals surface area contributed by atoms with Gasteiger partial charge in [0.15, 0.2) is 0 Å². The average molecular weight is 372 g/mol. The second kappa shape index (κ2) is 7.17. The topological polar surface area (TPSA) is 71.0 Å². The highest BCUT2D eigenvalue weighted by Gasteiger charge is 2.48. The van der Waals surface area contributed by atoms with E-state index in [1.165, 1.54) is 12.1 Å². The van der Waals surface area contributed by atoms with Crippen LogP contribution in [0.3, 0.4) is 0 Å². The lowest BCUT2D eigenvalue weighted by atomic mass is 9.82. The smallest absolute Gasteiger partial charge is 0.342 e. The number of hydrogen-bond acceptors (Lipinski definition) is 4. The Morgan fingerprint density at radius 3 is 2.42 bits per heavy atom. The molecule has 2 aromatic rings. The maximum Gasteiger partial charge on any atom is 0.342 e. The number of para-hydroxylation sites is 1. The van der Waals surface area contributed by atoms with Gasteiger partial charge in [0, 0.05) is 10.7 Å². The Bertz CT molecular complexity index is 852. The SMILES string of the molecule is COC(=O)C1(C)CN(C(=O)Nc2ccccc2)N=C1c1ccc(Cl)cc1. The number of hydrogen-bond donors (Lipinski definition) is 1. The number of esters is 1. The number of rotatable bonds is 3. The second-order valence-corrected chi connectivity index (χ2v) is 6.57. The van der Waals surface area contributed by atoms with Crippen molar-refractivity contribution in [2.24, 2.45) is 10.5 Å². The molecule has 0 saturated carbocycles. The van der Waals surface area contributed by atoms with E-state index in [1.807, 2.05) is 18.2 Å². The molecular formula is C19H18ClN3O3. The first-order valence-corrected chi connectivity index (χ1v) is 8.39. The maximum atomic E-state index is 12.6. The van der Waals surface area contributed by atoms with Crippen LogP contribution in [0, 0.1) is 5.41 Å². The van der Waals surface area contributed by atoms with Crippen molar-refractivity contribution in [1.29, 1.82) is 0 Å². The molecule has 26 heavy (non-hydrogen) atoms. The average Bonchev–Trinajstić information content (AvgIpc) is 3.01. The van der Waals surface area contributed by atoms with Gasteiger partial charge in [-0.25, -0.2) is 9.80 Å². The number of amides is 2. The number of benzene rings is 2. The molecule has 0 radical (unpaired) electrons. The molecule has 0 saturated heterocycles. The summed E-state index contributed by atoms with van der Waals surface area (Å²) in [6.45, 7) is 1.79. The van der Waals surface area contributed by atoms with E-state index in [-0.39, 0.29) is 6.54 Å². The number of hydrazone groups is 1. The predicted molar refractivity (Wildman–Crippen MR) is 100 cm³/mol. The zero-order chi connectivity index (χ0) is 18.7. The van der Waals surface area contributed by atoms with Crippen LogP contribution < -0.4 is 5.32 Å². The minimum Gasteiger partial charge on any atom is -0.468 e. The molecule has 0 bridgehead atoms. The van der Waals surface area contributed by atoms with Crippen molar-refractivity contribution in [2.45, 2.75) is 6.92 Å².